The monoisotopic (exact) mass is 257 g/mol. The summed E-state index contributed by atoms with van der Waals surface area (Å²) in [5.74, 6) is 0. The summed E-state index contributed by atoms with van der Waals surface area (Å²) in [4.78, 5) is 4.77. The van der Waals surface area contributed by atoms with E-state index in [2.05, 4.69) is 36.1 Å². The first-order valence-corrected chi connectivity index (χ1v) is 7.41. The van der Waals surface area contributed by atoms with Crippen LogP contribution in [0, 0.1) is 0 Å². The number of nitrogens with one attached hydrogen (secondary N) is 1. The molecule has 0 aliphatic carbocycles. The average Bonchev–Trinajstić information content (AvgIpc) is 2.84. The number of rotatable bonds is 10. The van der Waals surface area contributed by atoms with Crippen molar-refractivity contribution in [3.8, 4) is 0 Å². The Morgan fingerprint density at radius 2 is 2.06 bits per heavy atom. The third-order valence-electron chi connectivity index (χ3n) is 3.53. The second-order valence-electron chi connectivity index (χ2n) is 5.43. The van der Waals surface area contributed by atoms with Crippen LogP contribution < -0.4 is 5.32 Å². The van der Waals surface area contributed by atoms with Crippen LogP contribution in [-0.4, -0.2) is 75.9 Å². The summed E-state index contributed by atoms with van der Waals surface area (Å²) >= 11 is 0. The predicted molar refractivity (Wildman–Crippen MR) is 77.1 cm³/mol. The van der Waals surface area contributed by atoms with Crippen LogP contribution in [0.4, 0.5) is 0 Å². The summed E-state index contributed by atoms with van der Waals surface area (Å²) in [6.45, 7) is 9.99. The Balaban J connectivity index is 1.96. The van der Waals surface area contributed by atoms with Gasteiger partial charge in [-0.25, -0.2) is 0 Å². The van der Waals surface area contributed by atoms with Crippen LogP contribution in [0.2, 0.25) is 0 Å². The lowest BCUT2D eigenvalue weighted by molar-refractivity contribution is 0.109. The molecular weight excluding hydrogens is 226 g/mol. The largest absolute Gasteiger partial charge is 0.377 e. The van der Waals surface area contributed by atoms with Crippen LogP contribution in [0.15, 0.2) is 0 Å². The second kappa shape index (κ2) is 9.73. The molecule has 18 heavy (non-hydrogen) atoms. The van der Waals surface area contributed by atoms with Gasteiger partial charge in [0.25, 0.3) is 0 Å². The highest BCUT2D eigenvalue weighted by atomic mass is 16.5. The smallest absolute Gasteiger partial charge is 0.0700 e. The quantitative estimate of drug-likeness (QED) is 0.592. The number of hydrogen-bond acceptors (Lipinski definition) is 4. The molecule has 0 bridgehead atoms. The Labute approximate surface area is 113 Å². The third kappa shape index (κ3) is 7.31. The zero-order valence-corrected chi connectivity index (χ0v) is 12.5. The van der Waals surface area contributed by atoms with Gasteiger partial charge in [0.1, 0.15) is 0 Å². The highest BCUT2D eigenvalue weighted by Crippen LogP contribution is 2.10. The van der Waals surface area contributed by atoms with Gasteiger partial charge in [-0.05, 0) is 53.0 Å². The Hall–Kier alpha value is -0.160. The summed E-state index contributed by atoms with van der Waals surface area (Å²) in [7, 11) is 4.28. The topological polar surface area (TPSA) is 27.7 Å². The van der Waals surface area contributed by atoms with Crippen LogP contribution in [0.5, 0.6) is 0 Å². The average molecular weight is 257 g/mol. The van der Waals surface area contributed by atoms with E-state index in [0.717, 1.165) is 32.8 Å². The lowest BCUT2D eigenvalue weighted by Gasteiger charge is -2.22. The maximum Gasteiger partial charge on any atom is 0.0700 e. The van der Waals surface area contributed by atoms with Gasteiger partial charge >= 0.3 is 0 Å². The Bertz CT molecular complexity index is 193. The van der Waals surface area contributed by atoms with Crippen molar-refractivity contribution >= 4 is 0 Å². The van der Waals surface area contributed by atoms with E-state index in [1.165, 1.54) is 32.4 Å². The normalized spacial score (nSPS) is 20.2. The molecule has 0 spiro atoms. The number of hydrogen-bond donors (Lipinski definition) is 1. The second-order valence-corrected chi connectivity index (χ2v) is 5.43. The molecule has 0 aromatic carbocycles. The highest BCUT2D eigenvalue weighted by molar-refractivity contribution is 4.68. The van der Waals surface area contributed by atoms with Crippen LogP contribution in [0.25, 0.3) is 0 Å². The highest BCUT2D eigenvalue weighted by Gasteiger charge is 2.14. The lowest BCUT2D eigenvalue weighted by Crippen LogP contribution is -2.36. The van der Waals surface area contributed by atoms with E-state index in [9.17, 15) is 0 Å². The van der Waals surface area contributed by atoms with E-state index in [-0.39, 0.29) is 0 Å². The molecule has 1 unspecified atom stereocenters. The van der Waals surface area contributed by atoms with Crippen molar-refractivity contribution in [2.75, 3.05) is 60.0 Å². The maximum absolute atomic E-state index is 5.60. The fraction of sp³-hybridized carbons (Fsp3) is 1.00. The molecule has 108 valence electrons. The van der Waals surface area contributed by atoms with E-state index < -0.39 is 0 Å². The minimum atomic E-state index is 0.466. The fourth-order valence-electron chi connectivity index (χ4n) is 2.34. The van der Waals surface area contributed by atoms with Crippen molar-refractivity contribution < 1.29 is 4.74 Å². The van der Waals surface area contributed by atoms with Crippen molar-refractivity contribution in [2.45, 2.75) is 32.3 Å². The maximum atomic E-state index is 5.60. The first-order chi connectivity index (χ1) is 8.72. The van der Waals surface area contributed by atoms with Crippen LogP contribution in [-0.2, 0) is 4.74 Å². The summed E-state index contributed by atoms with van der Waals surface area (Å²) in [5.41, 5.74) is 0. The molecule has 1 N–H and O–H groups in total. The molecule has 1 rings (SSSR count). The van der Waals surface area contributed by atoms with Gasteiger partial charge in [0, 0.05) is 26.2 Å². The van der Waals surface area contributed by atoms with Gasteiger partial charge in [0.05, 0.1) is 6.10 Å². The predicted octanol–water partition coefficient (Wildman–Crippen LogP) is 1.03. The zero-order chi connectivity index (χ0) is 13.2. The van der Waals surface area contributed by atoms with Gasteiger partial charge in [0.2, 0.25) is 0 Å². The molecule has 0 saturated carbocycles. The number of nitrogens with zero attached hydrogens (tertiary/aromatic N) is 2. The molecule has 1 aliphatic rings. The van der Waals surface area contributed by atoms with E-state index in [0.29, 0.717) is 6.10 Å². The van der Waals surface area contributed by atoms with Crippen molar-refractivity contribution in [3.63, 3.8) is 0 Å². The van der Waals surface area contributed by atoms with E-state index >= 15 is 0 Å². The van der Waals surface area contributed by atoms with Gasteiger partial charge in [-0.2, -0.15) is 0 Å². The number of likely N-dealkylation sites (N-methyl/N-ethyl adjacent to an activating group) is 1. The molecule has 1 heterocycles. The molecule has 4 heteroatoms. The zero-order valence-electron chi connectivity index (χ0n) is 12.5. The van der Waals surface area contributed by atoms with Gasteiger partial charge in [-0.1, -0.05) is 6.92 Å². The van der Waals surface area contributed by atoms with Crippen molar-refractivity contribution in [3.05, 3.63) is 0 Å². The molecule has 0 amide bonds. The minimum absolute atomic E-state index is 0.466. The first-order valence-electron chi connectivity index (χ1n) is 7.41. The van der Waals surface area contributed by atoms with Crippen molar-refractivity contribution in [1.82, 2.24) is 15.1 Å². The summed E-state index contributed by atoms with van der Waals surface area (Å²) in [6.07, 6.45) is 4.19. The molecular formula is C14H31N3O. The third-order valence-corrected chi connectivity index (χ3v) is 3.53. The van der Waals surface area contributed by atoms with Gasteiger partial charge < -0.3 is 19.9 Å². The van der Waals surface area contributed by atoms with Crippen molar-refractivity contribution in [1.29, 1.82) is 0 Å². The fourth-order valence-corrected chi connectivity index (χ4v) is 2.34. The number of ether oxygens (including phenoxy) is 1. The SMILES string of the molecule is CCN(CCCN(C)C)CCNCC1CCCO1. The molecule has 0 aromatic heterocycles. The van der Waals surface area contributed by atoms with Crippen LogP contribution in [0.1, 0.15) is 26.2 Å². The summed E-state index contributed by atoms with van der Waals surface area (Å²) in [6, 6.07) is 0. The molecule has 0 radical (unpaired) electrons. The molecule has 0 aromatic rings. The summed E-state index contributed by atoms with van der Waals surface area (Å²) < 4.78 is 5.60. The summed E-state index contributed by atoms with van der Waals surface area (Å²) in [5, 5.41) is 3.51. The molecule has 1 atom stereocenters. The van der Waals surface area contributed by atoms with E-state index in [4.69, 9.17) is 4.74 Å². The van der Waals surface area contributed by atoms with E-state index in [1.807, 2.05) is 0 Å². The van der Waals surface area contributed by atoms with Gasteiger partial charge in [-0.3, -0.25) is 0 Å². The van der Waals surface area contributed by atoms with Crippen LogP contribution in [0.3, 0.4) is 0 Å². The molecule has 1 aliphatic heterocycles. The Kier molecular flexibility index (Phi) is 8.59. The Morgan fingerprint density at radius 1 is 1.22 bits per heavy atom. The molecule has 4 nitrogen and oxygen atoms in total. The Morgan fingerprint density at radius 3 is 2.67 bits per heavy atom. The standard InChI is InChI=1S/C14H31N3O/c1-4-17(10-6-9-16(2)3)11-8-15-13-14-7-5-12-18-14/h14-15H,4-13H2,1-3H3. The molecule has 1 saturated heterocycles. The van der Waals surface area contributed by atoms with Gasteiger partial charge in [-0.15, -0.1) is 0 Å². The molecule has 1 fully saturated rings. The van der Waals surface area contributed by atoms with Crippen LogP contribution >= 0.6 is 0 Å². The first kappa shape index (κ1) is 15.9. The minimum Gasteiger partial charge on any atom is -0.377 e. The van der Waals surface area contributed by atoms with E-state index in [1.54, 1.807) is 0 Å². The van der Waals surface area contributed by atoms with Gasteiger partial charge in [0.15, 0.2) is 0 Å². The van der Waals surface area contributed by atoms with Crippen molar-refractivity contribution in [2.24, 2.45) is 0 Å². The lowest BCUT2D eigenvalue weighted by atomic mass is 10.2.